The third-order valence-corrected chi connectivity index (χ3v) is 4.53. The first-order chi connectivity index (χ1) is 15.2. The third-order valence-electron chi connectivity index (χ3n) is 4.53. The van der Waals surface area contributed by atoms with Gasteiger partial charge >= 0.3 is 0 Å². The molecule has 3 aromatic rings. The molecule has 0 aliphatic carbocycles. The molecule has 0 saturated carbocycles. The van der Waals surface area contributed by atoms with Gasteiger partial charge in [-0.05, 0) is 43.2 Å². The molecule has 0 amide bonds. The van der Waals surface area contributed by atoms with Crippen LogP contribution in [0.5, 0.6) is 11.5 Å². The number of hydrogen-bond donors (Lipinski definition) is 2. The number of nitrogens with zero attached hydrogens (tertiary/aromatic N) is 3. The van der Waals surface area contributed by atoms with E-state index in [0.717, 1.165) is 42.0 Å². The molecule has 0 spiro atoms. The third kappa shape index (κ3) is 6.84. The molecule has 0 saturated heterocycles. The Morgan fingerprint density at radius 3 is 2.59 bits per heavy atom. The first kappa shape index (κ1) is 25.4. The fourth-order valence-corrected chi connectivity index (χ4v) is 3.03. The van der Waals surface area contributed by atoms with Crippen LogP contribution < -0.4 is 20.1 Å². The van der Waals surface area contributed by atoms with Gasteiger partial charge in [-0.1, -0.05) is 24.2 Å². The van der Waals surface area contributed by atoms with Crippen LogP contribution in [0.3, 0.4) is 0 Å². The van der Waals surface area contributed by atoms with Crippen molar-refractivity contribution in [3.8, 4) is 23.0 Å². The predicted octanol–water partition coefficient (Wildman–Crippen LogP) is 4.90. The Morgan fingerprint density at radius 2 is 1.88 bits per heavy atom. The molecule has 1 aromatic heterocycles. The minimum atomic E-state index is 0. The lowest BCUT2D eigenvalue weighted by Crippen LogP contribution is -2.30. The summed E-state index contributed by atoms with van der Waals surface area (Å²) >= 11 is 0. The quantitative estimate of drug-likeness (QED) is 0.222. The van der Waals surface area contributed by atoms with E-state index >= 15 is 0 Å². The molecule has 0 aliphatic rings. The summed E-state index contributed by atoms with van der Waals surface area (Å²) in [5.74, 6) is 3.26. The standard InChI is InChI=1S/C23H29N5O3.HI/c1-5-8-21-27-22(31-28-21)17-10-7-9-16(13-17)15-25-23(24-6-2)26-18-11-12-19(29-3)20(14-18)30-4;/h7,9-14H,5-6,8,15H2,1-4H3,(H2,24,25,26);1H. The number of aliphatic imine (C=N–C) groups is 1. The normalized spacial score (nSPS) is 10.9. The van der Waals surface area contributed by atoms with Crippen LogP contribution in [-0.2, 0) is 13.0 Å². The number of anilines is 1. The first-order valence-corrected chi connectivity index (χ1v) is 10.4. The van der Waals surface area contributed by atoms with Crippen LogP contribution in [0.4, 0.5) is 5.69 Å². The molecule has 2 aromatic carbocycles. The molecule has 3 rings (SSSR count). The van der Waals surface area contributed by atoms with Crippen molar-refractivity contribution in [2.75, 3.05) is 26.1 Å². The van der Waals surface area contributed by atoms with E-state index in [1.165, 1.54) is 0 Å². The number of methoxy groups -OCH3 is 2. The van der Waals surface area contributed by atoms with Gasteiger partial charge < -0.3 is 24.6 Å². The van der Waals surface area contributed by atoms with Crippen molar-refractivity contribution in [1.29, 1.82) is 0 Å². The molecule has 0 unspecified atom stereocenters. The zero-order valence-electron chi connectivity index (χ0n) is 18.8. The molecule has 0 aliphatic heterocycles. The van der Waals surface area contributed by atoms with Gasteiger partial charge in [-0.3, -0.25) is 0 Å². The van der Waals surface area contributed by atoms with Crippen molar-refractivity contribution in [2.24, 2.45) is 4.99 Å². The highest BCUT2D eigenvalue weighted by atomic mass is 127. The Kier molecular flexibility index (Phi) is 10.3. The molecule has 1 heterocycles. The average molecular weight is 551 g/mol. The maximum atomic E-state index is 5.40. The summed E-state index contributed by atoms with van der Waals surface area (Å²) in [5.41, 5.74) is 2.78. The Hall–Kier alpha value is -2.82. The molecule has 32 heavy (non-hydrogen) atoms. The number of rotatable bonds is 9. The fourth-order valence-electron chi connectivity index (χ4n) is 3.03. The zero-order chi connectivity index (χ0) is 22.1. The van der Waals surface area contributed by atoms with Crippen molar-refractivity contribution in [2.45, 2.75) is 33.2 Å². The van der Waals surface area contributed by atoms with Crippen LogP contribution >= 0.6 is 24.0 Å². The maximum Gasteiger partial charge on any atom is 0.257 e. The lowest BCUT2D eigenvalue weighted by molar-refractivity contribution is 0.355. The summed E-state index contributed by atoms with van der Waals surface area (Å²) in [6.45, 7) is 5.34. The number of halogens is 1. The number of ether oxygens (including phenoxy) is 2. The lowest BCUT2D eigenvalue weighted by Gasteiger charge is -2.14. The molecule has 0 fully saturated rings. The van der Waals surface area contributed by atoms with Crippen molar-refractivity contribution in [3.05, 3.63) is 53.9 Å². The minimum absolute atomic E-state index is 0. The number of aromatic nitrogens is 2. The van der Waals surface area contributed by atoms with Crippen LogP contribution in [0.25, 0.3) is 11.5 Å². The predicted molar refractivity (Wildman–Crippen MR) is 137 cm³/mol. The van der Waals surface area contributed by atoms with Crippen molar-refractivity contribution < 1.29 is 14.0 Å². The van der Waals surface area contributed by atoms with Gasteiger partial charge in [0.2, 0.25) is 0 Å². The molecule has 9 heteroatoms. The molecule has 8 nitrogen and oxygen atoms in total. The molecule has 0 bridgehead atoms. The Labute approximate surface area is 205 Å². The first-order valence-electron chi connectivity index (χ1n) is 10.4. The number of guanidine groups is 1. The highest BCUT2D eigenvalue weighted by Gasteiger charge is 2.09. The lowest BCUT2D eigenvalue weighted by atomic mass is 10.1. The van der Waals surface area contributed by atoms with Crippen LogP contribution in [0.15, 0.2) is 52.0 Å². The molecule has 0 atom stereocenters. The SMILES string of the molecule is CCCc1noc(-c2cccc(CN=C(NCC)Nc3ccc(OC)c(OC)c3)c2)n1.I. The van der Waals surface area contributed by atoms with Gasteiger partial charge in [-0.15, -0.1) is 24.0 Å². The zero-order valence-corrected chi connectivity index (χ0v) is 21.2. The molecule has 2 N–H and O–H groups in total. The Morgan fingerprint density at radius 1 is 1.06 bits per heavy atom. The second-order valence-electron chi connectivity index (χ2n) is 6.86. The number of benzene rings is 2. The van der Waals surface area contributed by atoms with Gasteiger partial charge in [0, 0.05) is 30.3 Å². The topological polar surface area (TPSA) is 93.8 Å². The molecule has 172 valence electrons. The summed E-state index contributed by atoms with van der Waals surface area (Å²) in [5, 5.41) is 10.6. The van der Waals surface area contributed by atoms with Gasteiger partial charge in [0.15, 0.2) is 23.3 Å². The van der Waals surface area contributed by atoms with E-state index in [-0.39, 0.29) is 24.0 Å². The van der Waals surface area contributed by atoms with E-state index < -0.39 is 0 Å². The van der Waals surface area contributed by atoms with Crippen LogP contribution in [0, 0.1) is 0 Å². The smallest absolute Gasteiger partial charge is 0.257 e. The van der Waals surface area contributed by atoms with Crippen molar-refractivity contribution in [3.63, 3.8) is 0 Å². The molecular formula is C23H30IN5O3. The van der Waals surface area contributed by atoms with E-state index in [1.807, 2.05) is 49.4 Å². The van der Waals surface area contributed by atoms with E-state index in [4.69, 9.17) is 19.0 Å². The Balaban J connectivity index is 0.00000363. The van der Waals surface area contributed by atoms with E-state index in [9.17, 15) is 0 Å². The minimum Gasteiger partial charge on any atom is -0.493 e. The van der Waals surface area contributed by atoms with Gasteiger partial charge in [0.05, 0.1) is 20.8 Å². The molecule has 0 radical (unpaired) electrons. The Bertz CT molecular complexity index is 1020. The summed E-state index contributed by atoms with van der Waals surface area (Å²) in [7, 11) is 3.23. The monoisotopic (exact) mass is 551 g/mol. The number of nitrogens with one attached hydrogen (secondary N) is 2. The van der Waals surface area contributed by atoms with Gasteiger partial charge in [0.25, 0.3) is 5.89 Å². The second kappa shape index (κ2) is 12.9. The van der Waals surface area contributed by atoms with E-state index in [1.54, 1.807) is 14.2 Å². The maximum absolute atomic E-state index is 5.40. The van der Waals surface area contributed by atoms with Crippen LogP contribution in [0.2, 0.25) is 0 Å². The van der Waals surface area contributed by atoms with Gasteiger partial charge in [0.1, 0.15) is 0 Å². The van der Waals surface area contributed by atoms with E-state index in [2.05, 4.69) is 27.7 Å². The van der Waals surface area contributed by atoms with Crippen molar-refractivity contribution >= 4 is 35.6 Å². The van der Waals surface area contributed by atoms with E-state index in [0.29, 0.717) is 29.9 Å². The fraction of sp³-hybridized carbons (Fsp3) is 0.348. The largest absolute Gasteiger partial charge is 0.493 e. The summed E-state index contributed by atoms with van der Waals surface area (Å²) in [6.07, 6.45) is 1.79. The van der Waals surface area contributed by atoms with Crippen molar-refractivity contribution in [1.82, 2.24) is 15.5 Å². The summed E-state index contributed by atoms with van der Waals surface area (Å²) in [4.78, 5) is 9.16. The molecular weight excluding hydrogens is 521 g/mol. The van der Waals surface area contributed by atoms with Crippen LogP contribution in [0.1, 0.15) is 31.7 Å². The van der Waals surface area contributed by atoms with Gasteiger partial charge in [-0.2, -0.15) is 4.98 Å². The highest BCUT2D eigenvalue weighted by Crippen LogP contribution is 2.29. The second-order valence-corrected chi connectivity index (χ2v) is 6.86. The van der Waals surface area contributed by atoms with Crippen LogP contribution in [-0.4, -0.2) is 36.9 Å². The summed E-state index contributed by atoms with van der Waals surface area (Å²) in [6, 6.07) is 13.6. The van der Waals surface area contributed by atoms with Gasteiger partial charge in [-0.25, -0.2) is 4.99 Å². The number of aryl methyl sites for hydroxylation is 1. The summed E-state index contributed by atoms with van der Waals surface area (Å²) < 4.78 is 16.1. The number of hydrogen-bond acceptors (Lipinski definition) is 6. The average Bonchev–Trinajstić information content (AvgIpc) is 3.27. The highest BCUT2D eigenvalue weighted by molar-refractivity contribution is 14.0.